The second kappa shape index (κ2) is 6.36. The number of nitrogens with zero attached hydrogens (tertiary/aromatic N) is 4. The summed E-state index contributed by atoms with van der Waals surface area (Å²) in [4.78, 5) is 16.1. The normalized spacial score (nSPS) is 20.6. The number of aliphatic hydroxyl groups excluding tert-OH is 1. The molecule has 1 aromatic heterocycles. The summed E-state index contributed by atoms with van der Waals surface area (Å²) >= 11 is 0. The monoisotopic (exact) mass is 292 g/mol. The standard InChI is InChI=1S/C14H20N4O3/c19-11-3-5-18(6-4-11)14(20)12-1-2-13(16-15-12)17-7-9-21-10-8-17/h1-2,11,19H,3-10H2. The molecule has 0 saturated carbocycles. The lowest BCUT2D eigenvalue weighted by atomic mass is 10.1. The molecule has 0 radical (unpaired) electrons. The van der Waals surface area contributed by atoms with E-state index in [0.29, 0.717) is 44.8 Å². The fourth-order valence-electron chi connectivity index (χ4n) is 2.63. The number of likely N-dealkylation sites (tertiary alicyclic amines) is 1. The predicted octanol–water partition coefficient (Wildman–Crippen LogP) is -0.0899. The molecule has 0 unspecified atom stereocenters. The first-order valence-electron chi connectivity index (χ1n) is 7.38. The van der Waals surface area contributed by atoms with Crippen LogP contribution in [0.2, 0.25) is 0 Å². The molecule has 0 spiro atoms. The molecule has 2 aliphatic rings. The first-order chi connectivity index (χ1) is 10.2. The molecule has 7 heteroatoms. The Bertz CT molecular complexity index is 479. The Morgan fingerprint density at radius 3 is 2.48 bits per heavy atom. The van der Waals surface area contributed by atoms with Gasteiger partial charge < -0.3 is 19.6 Å². The van der Waals surface area contributed by atoms with Crippen LogP contribution in [0.5, 0.6) is 0 Å². The maximum atomic E-state index is 12.3. The zero-order valence-corrected chi connectivity index (χ0v) is 11.9. The van der Waals surface area contributed by atoms with Crippen LogP contribution in [0.25, 0.3) is 0 Å². The second-order valence-electron chi connectivity index (χ2n) is 5.40. The third-order valence-corrected chi connectivity index (χ3v) is 3.96. The quantitative estimate of drug-likeness (QED) is 0.821. The van der Waals surface area contributed by atoms with Gasteiger partial charge in [-0.2, -0.15) is 0 Å². The van der Waals surface area contributed by atoms with E-state index in [2.05, 4.69) is 15.1 Å². The van der Waals surface area contributed by atoms with Crippen LogP contribution in [0.3, 0.4) is 0 Å². The van der Waals surface area contributed by atoms with Crippen LogP contribution in [0.15, 0.2) is 12.1 Å². The highest BCUT2D eigenvalue weighted by atomic mass is 16.5. The highest BCUT2D eigenvalue weighted by molar-refractivity contribution is 5.92. The van der Waals surface area contributed by atoms with Crippen molar-refractivity contribution in [2.75, 3.05) is 44.3 Å². The fourth-order valence-corrected chi connectivity index (χ4v) is 2.63. The highest BCUT2D eigenvalue weighted by Crippen LogP contribution is 2.15. The molecule has 114 valence electrons. The summed E-state index contributed by atoms with van der Waals surface area (Å²) in [5, 5.41) is 17.7. The predicted molar refractivity (Wildman–Crippen MR) is 76.2 cm³/mol. The minimum absolute atomic E-state index is 0.108. The van der Waals surface area contributed by atoms with Gasteiger partial charge in [-0.3, -0.25) is 4.79 Å². The van der Waals surface area contributed by atoms with Gasteiger partial charge in [0.2, 0.25) is 0 Å². The molecule has 1 amide bonds. The molecule has 1 aromatic rings. The SMILES string of the molecule is O=C(c1ccc(N2CCOCC2)nn1)N1CCC(O)CC1. The van der Waals surface area contributed by atoms with Gasteiger partial charge in [-0.05, 0) is 25.0 Å². The number of aliphatic hydroxyl groups is 1. The summed E-state index contributed by atoms with van der Waals surface area (Å²) in [6.45, 7) is 4.13. The number of carbonyl (C=O) groups is 1. The van der Waals surface area contributed by atoms with Crippen molar-refractivity contribution in [2.45, 2.75) is 18.9 Å². The summed E-state index contributed by atoms with van der Waals surface area (Å²) in [5.74, 6) is 0.673. The van der Waals surface area contributed by atoms with Crippen LogP contribution in [-0.2, 0) is 4.74 Å². The Morgan fingerprint density at radius 2 is 1.86 bits per heavy atom. The van der Waals surface area contributed by atoms with E-state index in [1.165, 1.54) is 0 Å². The number of aromatic nitrogens is 2. The van der Waals surface area contributed by atoms with Gasteiger partial charge in [0.1, 0.15) is 0 Å². The van der Waals surface area contributed by atoms with E-state index in [9.17, 15) is 9.90 Å². The molecule has 0 aromatic carbocycles. The van der Waals surface area contributed by atoms with Crippen LogP contribution >= 0.6 is 0 Å². The summed E-state index contributed by atoms with van der Waals surface area (Å²) in [6, 6.07) is 3.56. The van der Waals surface area contributed by atoms with E-state index in [1.807, 2.05) is 6.07 Å². The number of hydrogen-bond donors (Lipinski definition) is 1. The Hall–Kier alpha value is -1.73. The largest absolute Gasteiger partial charge is 0.393 e. The van der Waals surface area contributed by atoms with Crippen molar-refractivity contribution in [2.24, 2.45) is 0 Å². The fraction of sp³-hybridized carbons (Fsp3) is 0.643. The number of piperidine rings is 1. The lowest BCUT2D eigenvalue weighted by Gasteiger charge is -2.29. The van der Waals surface area contributed by atoms with Gasteiger partial charge >= 0.3 is 0 Å². The lowest BCUT2D eigenvalue weighted by Crippen LogP contribution is -2.40. The van der Waals surface area contributed by atoms with E-state index >= 15 is 0 Å². The molecular formula is C14H20N4O3. The topological polar surface area (TPSA) is 78.8 Å². The molecule has 21 heavy (non-hydrogen) atoms. The molecule has 1 N–H and O–H groups in total. The molecule has 2 aliphatic heterocycles. The number of morpholine rings is 1. The number of anilines is 1. The van der Waals surface area contributed by atoms with Crippen molar-refractivity contribution in [1.29, 1.82) is 0 Å². The molecule has 2 fully saturated rings. The summed E-state index contributed by atoms with van der Waals surface area (Å²) < 4.78 is 5.30. The van der Waals surface area contributed by atoms with E-state index in [0.717, 1.165) is 18.9 Å². The van der Waals surface area contributed by atoms with Crippen molar-refractivity contribution < 1.29 is 14.6 Å². The third-order valence-electron chi connectivity index (χ3n) is 3.96. The molecule has 0 atom stereocenters. The van der Waals surface area contributed by atoms with Crippen LogP contribution in [0.4, 0.5) is 5.82 Å². The molecule has 3 rings (SSSR count). The zero-order chi connectivity index (χ0) is 14.7. The molecular weight excluding hydrogens is 272 g/mol. The van der Waals surface area contributed by atoms with Crippen LogP contribution < -0.4 is 4.90 Å². The third kappa shape index (κ3) is 3.30. The Morgan fingerprint density at radius 1 is 1.14 bits per heavy atom. The molecule has 0 aliphatic carbocycles. The number of carbonyl (C=O) groups excluding carboxylic acids is 1. The summed E-state index contributed by atoms with van der Waals surface area (Å²) in [7, 11) is 0. The zero-order valence-electron chi connectivity index (χ0n) is 11.9. The first-order valence-corrected chi connectivity index (χ1v) is 7.38. The van der Waals surface area contributed by atoms with Gasteiger partial charge in [-0.15, -0.1) is 10.2 Å². The number of rotatable bonds is 2. The average molecular weight is 292 g/mol. The molecule has 0 bridgehead atoms. The number of amides is 1. The van der Waals surface area contributed by atoms with Crippen molar-refractivity contribution in [3.8, 4) is 0 Å². The molecule has 2 saturated heterocycles. The van der Waals surface area contributed by atoms with Gasteiger partial charge in [-0.25, -0.2) is 0 Å². The Balaban J connectivity index is 1.64. The van der Waals surface area contributed by atoms with Gasteiger partial charge in [0, 0.05) is 26.2 Å². The van der Waals surface area contributed by atoms with Crippen molar-refractivity contribution in [3.05, 3.63) is 17.8 Å². The van der Waals surface area contributed by atoms with E-state index in [1.54, 1.807) is 11.0 Å². The Kier molecular flexibility index (Phi) is 4.31. The summed E-state index contributed by atoms with van der Waals surface area (Å²) in [5.41, 5.74) is 0.364. The van der Waals surface area contributed by atoms with Gasteiger partial charge in [-0.1, -0.05) is 0 Å². The number of hydrogen-bond acceptors (Lipinski definition) is 6. The highest BCUT2D eigenvalue weighted by Gasteiger charge is 2.23. The van der Waals surface area contributed by atoms with Crippen LogP contribution in [0.1, 0.15) is 23.3 Å². The molecule has 3 heterocycles. The minimum atomic E-state index is -0.288. The van der Waals surface area contributed by atoms with Crippen LogP contribution in [0, 0.1) is 0 Å². The van der Waals surface area contributed by atoms with Gasteiger partial charge in [0.15, 0.2) is 11.5 Å². The minimum Gasteiger partial charge on any atom is -0.393 e. The van der Waals surface area contributed by atoms with E-state index < -0.39 is 0 Å². The van der Waals surface area contributed by atoms with Gasteiger partial charge in [0.05, 0.1) is 19.3 Å². The summed E-state index contributed by atoms with van der Waals surface area (Å²) in [6.07, 6.45) is 0.972. The number of ether oxygens (including phenoxy) is 1. The maximum Gasteiger partial charge on any atom is 0.274 e. The van der Waals surface area contributed by atoms with E-state index in [4.69, 9.17) is 4.74 Å². The maximum absolute atomic E-state index is 12.3. The lowest BCUT2D eigenvalue weighted by molar-refractivity contribution is 0.0540. The van der Waals surface area contributed by atoms with Crippen LogP contribution in [-0.4, -0.2) is 71.6 Å². The second-order valence-corrected chi connectivity index (χ2v) is 5.40. The molecule has 7 nitrogen and oxygen atoms in total. The Labute approximate surface area is 123 Å². The van der Waals surface area contributed by atoms with E-state index in [-0.39, 0.29) is 12.0 Å². The first kappa shape index (κ1) is 14.2. The smallest absolute Gasteiger partial charge is 0.274 e. The average Bonchev–Trinajstić information content (AvgIpc) is 2.56. The van der Waals surface area contributed by atoms with Gasteiger partial charge in [0.25, 0.3) is 5.91 Å². The van der Waals surface area contributed by atoms with Crippen molar-refractivity contribution in [1.82, 2.24) is 15.1 Å². The van der Waals surface area contributed by atoms with Crippen molar-refractivity contribution >= 4 is 11.7 Å². The van der Waals surface area contributed by atoms with Crippen molar-refractivity contribution in [3.63, 3.8) is 0 Å².